The molecule has 1 amide bonds. The quantitative estimate of drug-likeness (QED) is 0.435. The predicted molar refractivity (Wildman–Crippen MR) is 103 cm³/mol. The highest BCUT2D eigenvalue weighted by Gasteiger charge is 2.18. The van der Waals surface area contributed by atoms with Crippen LogP contribution in [0.2, 0.25) is 0 Å². The first-order chi connectivity index (χ1) is 12.8. The van der Waals surface area contributed by atoms with Crippen molar-refractivity contribution in [3.8, 4) is 11.1 Å². The number of hydrogen-bond acceptors (Lipinski definition) is 3. The fourth-order valence-electron chi connectivity index (χ4n) is 2.88. The Morgan fingerprint density at radius 1 is 0.962 bits per heavy atom. The molecule has 0 aliphatic carbocycles. The second-order valence-electron chi connectivity index (χ2n) is 5.74. The molecular weight excluding hydrogens is 324 g/mol. The standard InChI is InChI=1S/C21H16N4O/c26-21(25-23-14-16-10-6-7-13-22-16)20-19(15-8-2-1-3-9-15)17-11-4-5-12-18(17)24-20/h1-14,24H,(H,25,26)/b23-14-. The van der Waals surface area contributed by atoms with Crippen LogP contribution < -0.4 is 5.43 Å². The van der Waals surface area contributed by atoms with Crippen molar-refractivity contribution in [1.82, 2.24) is 15.4 Å². The third kappa shape index (κ3) is 3.10. The van der Waals surface area contributed by atoms with Gasteiger partial charge in [-0.05, 0) is 23.8 Å². The average Bonchev–Trinajstić information content (AvgIpc) is 3.09. The molecule has 0 saturated carbocycles. The van der Waals surface area contributed by atoms with E-state index in [1.165, 1.54) is 6.21 Å². The first-order valence-electron chi connectivity index (χ1n) is 8.23. The number of rotatable bonds is 4. The number of hydrogen-bond donors (Lipinski definition) is 2. The fourth-order valence-corrected chi connectivity index (χ4v) is 2.88. The minimum atomic E-state index is -0.299. The smallest absolute Gasteiger partial charge is 0.288 e. The molecule has 26 heavy (non-hydrogen) atoms. The molecule has 126 valence electrons. The van der Waals surface area contributed by atoms with E-state index in [-0.39, 0.29) is 5.91 Å². The van der Waals surface area contributed by atoms with Crippen molar-refractivity contribution in [2.24, 2.45) is 5.10 Å². The van der Waals surface area contributed by atoms with Crippen molar-refractivity contribution < 1.29 is 4.79 Å². The van der Waals surface area contributed by atoms with E-state index in [2.05, 4.69) is 20.5 Å². The first kappa shape index (κ1) is 15.8. The molecule has 4 aromatic rings. The lowest BCUT2D eigenvalue weighted by Gasteiger charge is -2.04. The summed E-state index contributed by atoms with van der Waals surface area (Å²) in [5.41, 5.74) is 6.48. The number of nitrogens with zero attached hydrogens (tertiary/aromatic N) is 2. The molecule has 2 aromatic carbocycles. The zero-order valence-corrected chi connectivity index (χ0v) is 13.9. The van der Waals surface area contributed by atoms with Gasteiger partial charge in [0, 0.05) is 22.7 Å². The van der Waals surface area contributed by atoms with Gasteiger partial charge in [0.05, 0.1) is 11.9 Å². The maximum Gasteiger partial charge on any atom is 0.288 e. The number of aromatic nitrogens is 2. The van der Waals surface area contributed by atoms with Gasteiger partial charge in [0.1, 0.15) is 5.69 Å². The molecule has 0 unspecified atom stereocenters. The van der Waals surface area contributed by atoms with Crippen molar-refractivity contribution in [3.63, 3.8) is 0 Å². The molecular formula is C21H16N4O. The molecule has 2 heterocycles. The zero-order chi connectivity index (χ0) is 17.8. The summed E-state index contributed by atoms with van der Waals surface area (Å²) in [5, 5.41) is 5.01. The van der Waals surface area contributed by atoms with Crippen molar-refractivity contribution in [1.29, 1.82) is 0 Å². The van der Waals surface area contributed by atoms with E-state index in [4.69, 9.17) is 0 Å². The maximum atomic E-state index is 12.7. The number of benzene rings is 2. The molecule has 0 radical (unpaired) electrons. The van der Waals surface area contributed by atoms with E-state index >= 15 is 0 Å². The van der Waals surface area contributed by atoms with Crippen molar-refractivity contribution >= 4 is 23.0 Å². The summed E-state index contributed by atoms with van der Waals surface area (Å²) < 4.78 is 0. The van der Waals surface area contributed by atoms with Gasteiger partial charge in [-0.2, -0.15) is 5.10 Å². The molecule has 5 nitrogen and oxygen atoms in total. The number of carbonyl (C=O) groups is 1. The van der Waals surface area contributed by atoms with Crippen LogP contribution in [0.15, 0.2) is 84.1 Å². The number of fused-ring (bicyclic) bond motifs is 1. The highest BCUT2D eigenvalue weighted by atomic mass is 16.2. The number of aromatic amines is 1. The second-order valence-corrected chi connectivity index (χ2v) is 5.74. The Balaban J connectivity index is 1.69. The van der Waals surface area contributed by atoms with Crippen LogP contribution in [0.4, 0.5) is 0 Å². The highest BCUT2D eigenvalue weighted by molar-refractivity contribution is 6.09. The van der Waals surface area contributed by atoms with Crippen molar-refractivity contribution in [2.75, 3.05) is 0 Å². The normalized spacial score (nSPS) is 11.1. The summed E-state index contributed by atoms with van der Waals surface area (Å²) in [6, 6.07) is 23.2. The van der Waals surface area contributed by atoms with Gasteiger partial charge in [-0.3, -0.25) is 9.78 Å². The van der Waals surface area contributed by atoms with Gasteiger partial charge in [0.15, 0.2) is 0 Å². The Bertz CT molecular complexity index is 1070. The molecule has 0 aliphatic heterocycles. The van der Waals surface area contributed by atoms with E-state index in [1.807, 2.05) is 72.8 Å². The summed E-state index contributed by atoms with van der Waals surface area (Å²) >= 11 is 0. The topological polar surface area (TPSA) is 70.1 Å². The fraction of sp³-hybridized carbons (Fsp3) is 0. The van der Waals surface area contributed by atoms with Crippen LogP contribution in [-0.4, -0.2) is 22.1 Å². The molecule has 0 saturated heterocycles. The minimum Gasteiger partial charge on any atom is -0.350 e. The SMILES string of the molecule is O=C(N/N=C\c1ccccn1)c1[nH]c2ccccc2c1-c1ccccc1. The summed E-state index contributed by atoms with van der Waals surface area (Å²) in [6.07, 6.45) is 3.19. The van der Waals surface area contributed by atoms with Crippen molar-refractivity contribution in [2.45, 2.75) is 0 Å². The monoisotopic (exact) mass is 340 g/mol. The Hall–Kier alpha value is -3.73. The predicted octanol–water partition coefficient (Wildman–Crippen LogP) is 3.99. The number of para-hydroxylation sites is 1. The minimum absolute atomic E-state index is 0.299. The molecule has 0 bridgehead atoms. The number of pyridine rings is 1. The lowest BCUT2D eigenvalue weighted by atomic mass is 10.0. The summed E-state index contributed by atoms with van der Waals surface area (Å²) in [7, 11) is 0. The number of nitrogens with one attached hydrogen (secondary N) is 2. The van der Waals surface area contributed by atoms with Crippen LogP contribution in [0.25, 0.3) is 22.0 Å². The van der Waals surface area contributed by atoms with Crippen molar-refractivity contribution in [3.05, 3.63) is 90.4 Å². The average molecular weight is 340 g/mol. The number of carbonyl (C=O) groups excluding carboxylic acids is 1. The van der Waals surface area contributed by atoms with Gasteiger partial charge in [0.25, 0.3) is 5.91 Å². The first-order valence-corrected chi connectivity index (χ1v) is 8.23. The molecule has 5 heteroatoms. The van der Waals surface area contributed by atoms with Crippen LogP contribution in [-0.2, 0) is 0 Å². The van der Waals surface area contributed by atoms with Crippen LogP contribution in [0.5, 0.6) is 0 Å². The van der Waals surface area contributed by atoms with Gasteiger partial charge in [-0.25, -0.2) is 5.43 Å². The van der Waals surface area contributed by atoms with E-state index in [1.54, 1.807) is 6.20 Å². The summed E-state index contributed by atoms with van der Waals surface area (Å²) in [4.78, 5) is 20.1. The third-order valence-corrected chi connectivity index (χ3v) is 4.05. The Morgan fingerprint density at radius 3 is 2.54 bits per heavy atom. The Kier molecular flexibility index (Phi) is 4.26. The molecule has 2 aromatic heterocycles. The molecule has 4 rings (SSSR count). The van der Waals surface area contributed by atoms with E-state index in [0.29, 0.717) is 11.4 Å². The maximum absolute atomic E-state index is 12.7. The molecule has 2 N–H and O–H groups in total. The van der Waals surface area contributed by atoms with Gasteiger partial charge >= 0.3 is 0 Å². The van der Waals surface area contributed by atoms with E-state index in [0.717, 1.165) is 22.0 Å². The van der Waals surface area contributed by atoms with Gasteiger partial charge in [0.2, 0.25) is 0 Å². The Labute approximate surface area is 150 Å². The van der Waals surface area contributed by atoms with E-state index in [9.17, 15) is 4.79 Å². The number of amides is 1. The third-order valence-electron chi connectivity index (χ3n) is 4.05. The Morgan fingerprint density at radius 2 is 1.73 bits per heavy atom. The lowest BCUT2D eigenvalue weighted by molar-refractivity contribution is 0.0951. The number of hydrazone groups is 1. The van der Waals surface area contributed by atoms with E-state index < -0.39 is 0 Å². The second kappa shape index (κ2) is 7.03. The summed E-state index contributed by atoms with van der Waals surface area (Å²) in [6.45, 7) is 0. The van der Waals surface area contributed by atoms with Crippen LogP contribution >= 0.6 is 0 Å². The molecule has 0 aliphatic rings. The number of H-pyrrole nitrogens is 1. The summed E-state index contributed by atoms with van der Waals surface area (Å²) in [5.74, 6) is -0.299. The highest BCUT2D eigenvalue weighted by Crippen LogP contribution is 2.32. The van der Waals surface area contributed by atoms with Crippen LogP contribution in [0.1, 0.15) is 16.2 Å². The van der Waals surface area contributed by atoms with Crippen LogP contribution in [0.3, 0.4) is 0 Å². The van der Waals surface area contributed by atoms with Gasteiger partial charge in [-0.1, -0.05) is 54.6 Å². The largest absolute Gasteiger partial charge is 0.350 e. The van der Waals surface area contributed by atoms with Gasteiger partial charge < -0.3 is 4.98 Å². The molecule has 0 fully saturated rings. The zero-order valence-electron chi connectivity index (χ0n) is 13.9. The molecule has 0 spiro atoms. The lowest BCUT2D eigenvalue weighted by Crippen LogP contribution is -2.19. The van der Waals surface area contributed by atoms with Gasteiger partial charge in [-0.15, -0.1) is 0 Å². The van der Waals surface area contributed by atoms with Crippen LogP contribution in [0, 0.1) is 0 Å². The molecule has 0 atom stereocenters.